The zero-order valence-corrected chi connectivity index (χ0v) is 55.9. The number of carbonyl (C=O) groups is 1. The van der Waals surface area contributed by atoms with Crippen LogP contribution in [-0.4, -0.2) is 34.9 Å². The fourth-order valence-electron chi connectivity index (χ4n) is 10.9. The van der Waals surface area contributed by atoms with Gasteiger partial charge < -0.3 is 15.5 Å². The number of allylic oxidation sites excluding steroid dienone is 19. The molecule has 4 nitrogen and oxygen atoms in total. The van der Waals surface area contributed by atoms with Crippen molar-refractivity contribution in [3.05, 3.63) is 122 Å². The first-order valence-corrected chi connectivity index (χ1v) is 36.7. The van der Waals surface area contributed by atoms with Gasteiger partial charge in [0.15, 0.2) is 0 Å². The maximum Gasteiger partial charge on any atom is 0.220 e. The Morgan fingerprint density at radius 1 is 0.298 bits per heavy atom. The number of aliphatic hydroxyl groups excluding tert-OH is 2. The van der Waals surface area contributed by atoms with Crippen LogP contribution in [0.25, 0.3) is 0 Å². The van der Waals surface area contributed by atoms with Crippen LogP contribution in [0.2, 0.25) is 0 Å². The van der Waals surface area contributed by atoms with E-state index in [1.807, 2.05) is 6.08 Å². The lowest BCUT2D eigenvalue weighted by Gasteiger charge is -2.19. The van der Waals surface area contributed by atoms with Crippen molar-refractivity contribution in [1.29, 1.82) is 0 Å². The number of aliphatic hydroxyl groups is 2. The zero-order valence-electron chi connectivity index (χ0n) is 55.9. The van der Waals surface area contributed by atoms with Gasteiger partial charge in [0.25, 0.3) is 0 Å². The number of amides is 1. The molecule has 2 atom stereocenters. The van der Waals surface area contributed by atoms with E-state index in [2.05, 4.69) is 129 Å². The van der Waals surface area contributed by atoms with Gasteiger partial charge >= 0.3 is 0 Å². The fraction of sp³-hybridized carbons (Fsp3) is 0.738. The summed E-state index contributed by atoms with van der Waals surface area (Å²) >= 11 is 0. The summed E-state index contributed by atoms with van der Waals surface area (Å²) in [7, 11) is 0. The number of nitrogens with one attached hydrogen (secondary N) is 1. The second-order valence-corrected chi connectivity index (χ2v) is 24.6. The first-order valence-electron chi connectivity index (χ1n) is 36.7. The molecule has 0 spiro atoms. The summed E-state index contributed by atoms with van der Waals surface area (Å²) < 4.78 is 0. The molecule has 0 aliphatic rings. The minimum atomic E-state index is -0.878. The van der Waals surface area contributed by atoms with E-state index in [9.17, 15) is 15.0 Å². The molecule has 2 unspecified atom stereocenters. The highest BCUT2D eigenvalue weighted by Gasteiger charge is 2.18. The third-order valence-electron chi connectivity index (χ3n) is 16.4. The smallest absolute Gasteiger partial charge is 0.220 e. The molecule has 3 N–H and O–H groups in total. The predicted octanol–water partition coefficient (Wildman–Crippen LogP) is 25.5. The number of hydrogen-bond donors (Lipinski definition) is 3. The van der Waals surface area contributed by atoms with Crippen LogP contribution in [0.15, 0.2) is 122 Å². The molecule has 0 fully saturated rings. The van der Waals surface area contributed by atoms with E-state index in [0.717, 1.165) is 83.5 Å². The van der Waals surface area contributed by atoms with Crippen molar-refractivity contribution in [2.45, 2.75) is 373 Å². The second-order valence-electron chi connectivity index (χ2n) is 24.6. The summed E-state index contributed by atoms with van der Waals surface area (Å²) in [5.74, 6) is -0.0768. The first-order chi connectivity index (χ1) is 41.7. The molecule has 484 valence electrons. The van der Waals surface area contributed by atoms with Gasteiger partial charge in [-0.05, 0) is 103 Å². The van der Waals surface area contributed by atoms with E-state index in [0.29, 0.717) is 6.42 Å². The lowest BCUT2D eigenvalue weighted by molar-refractivity contribution is -0.123. The Kier molecular flexibility index (Phi) is 71.2. The van der Waals surface area contributed by atoms with Crippen molar-refractivity contribution in [3.63, 3.8) is 0 Å². The Morgan fingerprint density at radius 3 is 0.833 bits per heavy atom. The quantitative estimate of drug-likeness (QED) is 0.0420. The summed E-state index contributed by atoms with van der Waals surface area (Å²) in [5.41, 5.74) is 0. The van der Waals surface area contributed by atoms with Crippen LogP contribution in [0.4, 0.5) is 0 Å². The van der Waals surface area contributed by atoms with Crippen molar-refractivity contribution in [2.24, 2.45) is 0 Å². The van der Waals surface area contributed by atoms with Crippen LogP contribution in [0, 0.1) is 0 Å². The van der Waals surface area contributed by atoms with E-state index < -0.39 is 12.1 Å². The molecule has 0 aromatic rings. The zero-order chi connectivity index (χ0) is 60.5. The Morgan fingerprint density at radius 2 is 0.536 bits per heavy atom. The van der Waals surface area contributed by atoms with Gasteiger partial charge in [-0.2, -0.15) is 0 Å². The number of carbonyl (C=O) groups excluding carboxylic acids is 1. The molecule has 0 rings (SSSR count). The van der Waals surface area contributed by atoms with E-state index >= 15 is 0 Å². The molecule has 0 aliphatic heterocycles. The van der Waals surface area contributed by atoms with Gasteiger partial charge in [-0.15, -0.1) is 0 Å². The Bertz CT molecular complexity index is 1610. The van der Waals surface area contributed by atoms with E-state index in [-0.39, 0.29) is 12.5 Å². The average molecular weight is 1170 g/mol. The Hall–Kier alpha value is -3.21. The van der Waals surface area contributed by atoms with Crippen molar-refractivity contribution in [1.82, 2.24) is 5.32 Å². The van der Waals surface area contributed by atoms with Gasteiger partial charge in [-0.25, -0.2) is 0 Å². The molecule has 0 aliphatic carbocycles. The maximum atomic E-state index is 12.6. The van der Waals surface area contributed by atoms with Gasteiger partial charge in [-0.1, -0.05) is 373 Å². The third-order valence-corrected chi connectivity index (χ3v) is 16.4. The number of rotatable bonds is 67. The van der Waals surface area contributed by atoms with Gasteiger partial charge in [0.2, 0.25) is 5.91 Å². The molecular weight excluding hydrogens is 1020 g/mol. The number of hydrogen-bond acceptors (Lipinski definition) is 3. The maximum absolute atomic E-state index is 12.6. The largest absolute Gasteiger partial charge is 0.394 e. The van der Waals surface area contributed by atoms with Crippen LogP contribution in [0.5, 0.6) is 0 Å². The van der Waals surface area contributed by atoms with E-state index in [1.165, 1.54) is 257 Å². The van der Waals surface area contributed by atoms with E-state index in [1.54, 1.807) is 6.08 Å². The summed E-state index contributed by atoms with van der Waals surface area (Å²) in [6.45, 7) is 4.21. The Balaban J connectivity index is 3.52. The molecule has 0 radical (unpaired) electrons. The summed E-state index contributed by atoms with van der Waals surface area (Å²) in [4.78, 5) is 12.6. The molecule has 0 heterocycles. The third kappa shape index (κ3) is 69.6. The molecule has 0 aromatic heterocycles. The average Bonchev–Trinajstić information content (AvgIpc) is 3.51. The topological polar surface area (TPSA) is 69.6 Å². The summed E-state index contributed by atoms with van der Waals surface area (Å²) in [6, 6.07) is -0.654. The molecule has 0 bridgehead atoms. The molecular formula is C80H141NO3. The van der Waals surface area contributed by atoms with Crippen LogP contribution in [-0.2, 0) is 4.79 Å². The minimum Gasteiger partial charge on any atom is -0.394 e. The van der Waals surface area contributed by atoms with Crippen LogP contribution < -0.4 is 5.32 Å². The first kappa shape index (κ1) is 80.8. The van der Waals surface area contributed by atoms with Crippen molar-refractivity contribution >= 4 is 5.91 Å². The predicted molar refractivity (Wildman–Crippen MR) is 377 cm³/mol. The fourth-order valence-corrected chi connectivity index (χ4v) is 10.9. The second kappa shape index (κ2) is 74.0. The molecule has 0 aromatic carbocycles. The summed E-state index contributed by atoms with van der Waals surface area (Å²) in [5, 5.41) is 23.3. The molecule has 84 heavy (non-hydrogen) atoms. The van der Waals surface area contributed by atoms with Crippen molar-refractivity contribution in [2.75, 3.05) is 6.61 Å². The monoisotopic (exact) mass is 1160 g/mol. The van der Waals surface area contributed by atoms with Crippen LogP contribution >= 0.6 is 0 Å². The van der Waals surface area contributed by atoms with Gasteiger partial charge in [-0.3, -0.25) is 4.79 Å². The molecule has 1 amide bonds. The standard InChI is InChI=1S/C80H141NO3/c1-3-5-7-9-11-13-15-17-19-21-23-25-27-29-31-33-35-37-38-39-40-41-42-44-46-48-50-52-54-56-58-60-62-64-66-68-70-72-74-76-80(84)81-78(77-82)79(83)75-73-71-69-67-65-63-61-59-57-55-53-51-49-47-45-43-36-34-32-30-28-26-24-22-20-18-16-14-12-10-8-6-4-2/h5,7,11,13,17,19,23,25,29,31,35,37,39-40,57,59,65,67,73,75,78-79,82-83H,3-4,6,8-10,12,14-16,18,20-22,24,26-28,30,32-34,36,38,41-56,58,60-64,66,68-72,74,76-77H2,1-2H3,(H,81,84)/b7-5-,13-11-,19-17-,25-23-,31-29-,37-35-,40-39-,59-57+,67-65+,75-73+. The molecule has 4 heteroatoms. The molecule has 0 saturated heterocycles. The highest BCUT2D eigenvalue weighted by molar-refractivity contribution is 5.76. The minimum absolute atomic E-state index is 0.0768. The van der Waals surface area contributed by atoms with Crippen LogP contribution in [0.1, 0.15) is 361 Å². The lowest BCUT2D eigenvalue weighted by Crippen LogP contribution is -2.45. The highest BCUT2D eigenvalue weighted by Crippen LogP contribution is 2.18. The highest BCUT2D eigenvalue weighted by atomic mass is 16.3. The number of unbranched alkanes of at least 4 members (excludes halogenated alkanes) is 42. The summed E-state index contributed by atoms with van der Waals surface area (Å²) in [6.07, 6.45) is 113. The Labute approximate surface area is 524 Å². The van der Waals surface area contributed by atoms with E-state index in [4.69, 9.17) is 0 Å². The van der Waals surface area contributed by atoms with Crippen molar-refractivity contribution < 1.29 is 15.0 Å². The van der Waals surface area contributed by atoms with Crippen LogP contribution in [0.3, 0.4) is 0 Å². The SMILES string of the molecule is CC/C=C\C/C=C\C/C=C\C/C=C\C/C=C\C/C=C\C/C=C\CCCCCCCCCCCCCCCCCCCC(=O)NC(CO)C(O)/C=C/CC/C=C/CC/C=C/CCCCCCCCCCCCCCCCCCCCCCCCC. The van der Waals surface area contributed by atoms with Gasteiger partial charge in [0, 0.05) is 6.42 Å². The van der Waals surface area contributed by atoms with Gasteiger partial charge in [0.1, 0.15) is 0 Å². The van der Waals surface area contributed by atoms with Gasteiger partial charge in [0.05, 0.1) is 18.8 Å². The normalized spacial score (nSPS) is 13.4. The molecule has 0 saturated carbocycles. The lowest BCUT2D eigenvalue weighted by atomic mass is 10.0. The van der Waals surface area contributed by atoms with Crippen molar-refractivity contribution in [3.8, 4) is 0 Å².